The van der Waals surface area contributed by atoms with Crippen LogP contribution in [0.2, 0.25) is 0 Å². The quantitative estimate of drug-likeness (QED) is 0.152. The van der Waals surface area contributed by atoms with Crippen molar-refractivity contribution in [3.05, 3.63) is 107 Å². The van der Waals surface area contributed by atoms with Gasteiger partial charge in [-0.3, -0.25) is 19.8 Å². The van der Waals surface area contributed by atoms with Gasteiger partial charge in [0.25, 0.3) is 11.8 Å². The lowest BCUT2D eigenvalue weighted by Crippen LogP contribution is -2.54. The van der Waals surface area contributed by atoms with Crippen molar-refractivity contribution in [3.8, 4) is 11.5 Å². The molecule has 1 heterocycles. The first kappa shape index (κ1) is 28.3. The molecule has 0 unspecified atom stereocenters. The van der Waals surface area contributed by atoms with E-state index in [1.165, 1.54) is 24.3 Å². The molecule has 1 aliphatic rings. The number of carbonyl (C=O) groups excluding carboxylic acids is 2. The molecule has 204 valence electrons. The summed E-state index contributed by atoms with van der Waals surface area (Å²) in [5, 5.41) is 11.7. The summed E-state index contributed by atoms with van der Waals surface area (Å²) in [5.74, 6) is -1.48. The summed E-state index contributed by atoms with van der Waals surface area (Å²) < 4.78 is 12.1. The third-order valence-corrected chi connectivity index (χ3v) is 6.37. The van der Waals surface area contributed by atoms with Gasteiger partial charge in [-0.2, -0.15) is 0 Å². The van der Waals surface area contributed by atoms with Crippen LogP contribution in [0, 0.1) is 6.92 Å². The first-order valence-corrected chi connectivity index (χ1v) is 13.0. The van der Waals surface area contributed by atoms with E-state index in [0.29, 0.717) is 36.7 Å². The number of aromatic carboxylic acids is 1. The number of benzene rings is 3. The lowest BCUT2D eigenvalue weighted by molar-refractivity contribution is -0.122. The molecular weight excluding hydrogens is 528 g/mol. The second-order valence-electron chi connectivity index (χ2n) is 9.02. The smallest absolute Gasteiger partial charge is 0.335 e. The van der Waals surface area contributed by atoms with Crippen LogP contribution >= 0.6 is 12.2 Å². The van der Waals surface area contributed by atoms with Crippen molar-refractivity contribution in [1.82, 2.24) is 5.32 Å². The van der Waals surface area contributed by atoms with E-state index in [4.69, 9.17) is 21.7 Å². The number of ether oxygens (including phenoxy) is 2. The van der Waals surface area contributed by atoms with Gasteiger partial charge >= 0.3 is 5.97 Å². The number of aryl methyl sites for hydroxylation is 1. The lowest BCUT2D eigenvalue weighted by atomic mass is 10.0. The van der Waals surface area contributed by atoms with E-state index in [0.717, 1.165) is 21.6 Å². The van der Waals surface area contributed by atoms with Crippen molar-refractivity contribution in [1.29, 1.82) is 0 Å². The Bertz CT molecular complexity index is 1530. The van der Waals surface area contributed by atoms with Crippen molar-refractivity contribution in [3.63, 3.8) is 0 Å². The Balaban J connectivity index is 1.72. The number of carbonyl (C=O) groups is 3. The maximum Gasteiger partial charge on any atom is 0.335 e. The Morgan fingerprint density at radius 1 is 1.10 bits per heavy atom. The number of amides is 2. The molecule has 0 saturated carbocycles. The van der Waals surface area contributed by atoms with E-state index >= 15 is 0 Å². The second-order valence-corrected chi connectivity index (χ2v) is 9.41. The fourth-order valence-corrected chi connectivity index (χ4v) is 4.46. The number of hydrogen-bond acceptors (Lipinski definition) is 6. The first-order chi connectivity index (χ1) is 19.2. The summed E-state index contributed by atoms with van der Waals surface area (Å²) >= 11 is 5.24. The van der Waals surface area contributed by atoms with Crippen LogP contribution in [0.4, 0.5) is 5.69 Å². The molecule has 0 bridgehead atoms. The number of rotatable bonds is 10. The molecule has 8 nitrogen and oxygen atoms in total. The second kappa shape index (κ2) is 12.4. The van der Waals surface area contributed by atoms with Crippen LogP contribution in [0.15, 0.2) is 78.9 Å². The largest absolute Gasteiger partial charge is 0.490 e. The van der Waals surface area contributed by atoms with Crippen LogP contribution < -0.4 is 19.7 Å². The zero-order valence-electron chi connectivity index (χ0n) is 22.1. The van der Waals surface area contributed by atoms with Gasteiger partial charge in [-0.15, -0.1) is 6.58 Å². The molecule has 0 aromatic heterocycles. The number of anilines is 1. The Hall–Kier alpha value is -4.76. The van der Waals surface area contributed by atoms with E-state index in [9.17, 15) is 19.5 Å². The summed E-state index contributed by atoms with van der Waals surface area (Å²) in [6.45, 7) is 8.42. The van der Waals surface area contributed by atoms with Crippen molar-refractivity contribution in [2.45, 2.75) is 26.9 Å². The Morgan fingerprint density at radius 2 is 1.85 bits per heavy atom. The normalized spacial score (nSPS) is 14.2. The molecule has 3 aromatic rings. The summed E-state index contributed by atoms with van der Waals surface area (Å²) in [7, 11) is 0. The zero-order chi connectivity index (χ0) is 28.8. The maximum atomic E-state index is 13.5. The molecule has 4 rings (SSSR count). The van der Waals surface area contributed by atoms with Crippen molar-refractivity contribution in [2.75, 3.05) is 11.5 Å². The lowest BCUT2D eigenvalue weighted by Gasteiger charge is -2.29. The van der Waals surface area contributed by atoms with Gasteiger partial charge in [0.2, 0.25) is 0 Å². The van der Waals surface area contributed by atoms with Crippen LogP contribution in [0.1, 0.15) is 39.5 Å². The molecule has 3 aromatic carbocycles. The van der Waals surface area contributed by atoms with Gasteiger partial charge in [0.15, 0.2) is 16.6 Å². The Morgan fingerprint density at radius 3 is 2.52 bits per heavy atom. The number of nitrogens with one attached hydrogen (secondary N) is 1. The summed E-state index contributed by atoms with van der Waals surface area (Å²) in [4.78, 5) is 38.9. The van der Waals surface area contributed by atoms with Crippen LogP contribution in [0.3, 0.4) is 0 Å². The number of carboxylic acids is 1. The predicted molar refractivity (Wildman–Crippen MR) is 157 cm³/mol. The van der Waals surface area contributed by atoms with Gasteiger partial charge < -0.3 is 14.6 Å². The van der Waals surface area contributed by atoms with Gasteiger partial charge in [0, 0.05) is 5.56 Å². The van der Waals surface area contributed by atoms with E-state index in [-0.39, 0.29) is 21.9 Å². The summed E-state index contributed by atoms with van der Waals surface area (Å²) in [5.41, 5.74) is 3.48. The molecule has 2 N–H and O–H groups in total. The Labute approximate surface area is 237 Å². The minimum absolute atomic E-state index is 0.0211. The van der Waals surface area contributed by atoms with Gasteiger partial charge in [-0.25, -0.2) is 4.79 Å². The van der Waals surface area contributed by atoms with Crippen LogP contribution in [-0.4, -0.2) is 34.6 Å². The Kier molecular flexibility index (Phi) is 8.76. The van der Waals surface area contributed by atoms with Crippen molar-refractivity contribution < 1.29 is 29.0 Å². The standard InChI is InChI=1S/C31H28N2O6S/c1-4-7-22-14-21(16-26(38-5-2)27(22)39-18-20-12-10-19(3)11-13-20)15-25-28(34)32-31(40)33(29(25)35)24-9-6-8-23(17-24)30(36)37/h4,6,8-17H,1,5,7,18H2,2-3H3,(H,36,37)(H,32,34,40). The summed E-state index contributed by atoms with van der Waals surface area (Å²) in [6, 6.07) is 17.3. The number of nitrogens with zero attached hydrogens (tertiary/aromatic N) is 1. The molecule has 0 atom stereocenters. The third kappa shape index (κ3) is 6.27. The SMILES string of the molecule is C=CCc1cc(C=C2C(=O)NC(=S)N(c3cccc(C(=O)O)c3)C2=O)cc(OCC)c1OCc1ccc(C)cc1. The van der Waals surface area contributed by atoms with Crippen molar-refractivity contribution >= 4 is 46.9 Å². The molecule has 0 spiro atoms. The molecule has 0 aliphatic carbocycles. The highest BCUT2D eigenvalue weighted by Gasteiger charge is 2.35. The van der Waals surface area contributed by atoms with Crippen LogP contribution in [-0.2, 0) is 22.6 Å². The number of hydrogen-bond donors (Lipinski definition) is 2. The molecule has 1 fully saturated rings. The topological polar surface area (TPSA) is 105 Å². The van der Waals surface area contributed by atoms with Gasteiger partial charge in [-0.05, 0) is 80.0 Å². The maximum absolute atomic E-state index is 13.5. The molecule has 2 amide bonds. The average Bonchev–Trinajstić information content (AvgIpc) is 2.92. The molecule has 0 radical (unpaired) electrons. The van der Waals surface area contributed by atoms with Gasteiger partial charge in [0.1, 0.15) is 12.2 Å². The fraction of sp³-hybridized carbons (Fsp3) is 0.161. The predicted octanol–water partition coefficient (Wildman–Crippen LogP) is 5.23. The molecule has 9 heteroatoms. The molecule has 1 aliphatic heterocycles. The molecule has 40 heavy (non-hydrogen) atoms. The monoisotopic (exact) mass is 556 g/mol. The minimum atomic E-state index is -1.15. The van der Waals surface area contributed by atoms with Crippen LogP contribution in [0.5, 0.6) is 11.5 Å². The van der Waals surface area contributed by atoms with E-state index < -0.39 is 17.8 Å². The highest BCUT2D eigenvalue weighted by Crippen LogP contribution is 2.36. The van der Waals surface area contributed by atoms with Gasteiger partial charge in [-0.1, -0.05) is 42.0 Å². The zero-order valence-corrected chi connectivity index (χ0v) is 22.9. The fourth-order valence-electron chi connectivity index (χ4n) is 4.18. The van der Waals surface area contributed by atoms with E-state index in [1.807, 2.05) is 44.2 Å². The average molecular weight is 557 g/mol. The molecule has 1 saturated heterocycles. The van der Waals surface area contributed by atoms with E-state index in [1.54, 1.807) is 18.2 Å². The van der Waals surface area contributed by atoms with Crippen LogP contribution in [0.25, 0.3) is 6.08 Å². The number of carboxylic acid groups (broad SMARTS) is 1. The highest BCUT2D eigenvalue weighted by molar-refractivity contribution is 7.80. The van der Waals surface area contributed by atoms with Gasteiger partial charge in [0.05, 0.1) is 17.9 Å². The highest BCUT2D eigenvalue weighted by atomic mass is 32.1. The minimum Gasteiger partial charge on any atom is -0.490 e. The van der Waals surface area contributed by atoms with E-state index in [2.05, 4.69) is 11.9 Å². The third-order valence-electron chi connectivity index (χ3n) is 6.09. The number of thiocarbonyl (C=S) groups is 1. The van der Waals surface area contributed by atoms with Crippen molar-refractivity contribution in [2.24, 2.45) is 0 Å². The first-order valence-electron chi connectivity index (χ1n) is 12.6. The molecular formula is C31H28N2O6S. The number of allylic oxidation sites excluding steroid dienone is 1. The summed E-state index contributed by atoms with van der Waals surface area (Å²) in [6.07, 6.45) is 3.64.